The molecule has 1 aromatic carbocycles. The van der Waals surface area contributed by atoms with Crippen LogP contribution in [0.4, 0.5) is 0 Å². The molecule has 7 heteroatoms. The Morgan fingerprint density at radius 2 is 1.64 bits per heavy atom. The van der Waals surface area contributed by atoms with Crippen molar-refractivity contribution in [2.24, 2.45) is 0 Å². The molecule has 2 aliphatic rings. The lowest BCUT2D eigenvalue weighted by molar-refractivity contribution is -0.144. The van der Waals surface area contributed by atoms with Gasteiger partial charge in [-0.25, -0.2) is 4.79 Å². The Kier molecular flexibility index (Phi) is 4.10. The largest absolute Gasteiger partial charge is 0.496 e. The molecule has 25 heavy (non-hydrogen) atoms. The van der Waals surface area contributed by atoms with E-state index in [0.717, 1.165) is 0 Å². The maximum atomic E-state index is 12.5. The molecule has 0 aromatic heterocycles. The van der Waals surface area contributed by atoms with E-state index in [9.17, 15) is 9.59 Å². The fourth-order valence-electron chi connectivity index (χ4n) is 3.37. The minimum Gasteiger partial charge on any atom is -0.496 e. The lowest BCUT2D eigenvalue weighted by Gasteiger charge is -2.28. The minimum absolute atomic E-state index is 0.121. The predicted octanol–water partition coefficient (Wildman–Crippen LogP) is 1.91. The summed E-state index contributed by atoms with van der Waals surface area (Å²) in [5, 5.41) is 2.79. The van der Waals surface area contributed by atoms with Crippen LogP contribution in [0.25, 0.3) is 0 Å². The van der Waals surface area contributed by atoms with Crippen molar-refractivity contribution in [3.63, 3.8) is 0 Å². The minimum atomic E-state index is -0.870. The summed E-state index contributed by atoms with van der Waals surface area (Å²) in [4.78, 5) is 24.7. The molecule has 1 N–H and O–H groups in total. The van der Waals surface area contributed by atoms with Gasteiger partial charge in [-0.3, -0.25) is 4.79 Å². The van der Waals surface area contributed by atoms with Crippen LogP contribution >= 0.6 is 0 Å². The molecule has 134 valence electrons. The Morgan fingerprint density at radius 1 is 1.04 bits per heavy atom. The van der Waals surface area contributed by atoms with Crippen LogP contribution in [-0.2, 0) is 14.3 Å². The van der Waals surface area contributed by atoms with Crippen molar-refractivity contribution < 1.29 is 28.5 Å². The average Bonchev–Trinajstić information content (AvgIpc) is 2.81. The summed E-state index contributed by atoms with van der Waals surface area (Å²) in [6.45, 7) is 3.50. The van der Waals surface area contributed by atoms with Gasteiger partial charge in [0, 0.05) is 24.0 Å². The third-order valence-electron chi connectivity index (χ3n) is 4.55. The van der Waals surface area contributed by atoms with E-state index < -0.39 is 17.5 Å². The van der Waals surface area contributed by atoms with Gasteiger partial charge in [0.15, 0.2) is 11.5 Å². The normalized spacial score (nSPS) is 21.4. The number of rotatable bonds is 4. The monoisotopic (exact) mass is 347 g/mol. The summed E-state index contributed by atoms with van der Waals surface area (Å²) in [6, 6.07) is 3.43. The van der Waals surface area contributed by atoms with E-state index in [1.807, 2.05) is 0 Å². The van der Waals surface area contributed by atoms with Gasteiger partial charge in [-0.05, 0) is 19.9 Å². The summed E-state index contributed by atoms with van der Waals surface area (Å²) in [5.74, 6) is 0.437. The lowest BCUT2D eigenvalue weighted by atomic mass is 9.82. The Bertz CT molecular complexity index is 780. The van der Waals surface area contributed by atoms with Crippen molar-refractivity contribution in [3.05, 3.63) is 29.0 Å². The summed E-state index contributed by atoms with van der Waals surface area (Å²) >= 11 is 0. The number of ether oxygens (including phenoxy) is 4. The number of hydrogen-bond donors (Lipinski definition) is 1. The number of nitrogens with one attached hydrogen (secondary N) is 1. The second-order valence-corrected chi connectivity index (χ2v) is 6.44. The molecule has 0 fully saturated rings. The molecule has 0 bridgehead atoms. The third kappa shape index (κ3) is 2.69. The van der Waals surface area contributed by atoms with Crippen molar-refractivity contribution in [2.75, 3.05) is 21.3 Å². The van der Waals surface area contributed by atoms with E-state index in [2.05, 4.69) is 5.32 Å². The standard InChI is InChI=1S/C18H21NO6/c1-18(2)16-15(17(21)25-18)10(7-14(20)19-16)9-6-12(23-4)13(24-5)8-11(9)22-3/h6,8,10H,7H2,1-5H3,(H,19,20)/t10-/m1/s1. The average molecular weight is 347 g/mol. The third-order valence-corrected chi connectivity index (χ3v) is 4.55. The number of amides is 1. The molecule has 3 rings (SSSR count). The van der Waals surface area contributed by atoms with Crippen molar-refractivity contribution in [1.82, 2.24) is 5.32 Å². The molecule has 1 aromatic rings. The van der Waals surface area contributed by atoms with Crippen molar-refractivity contribution in [3.8, 4) is 17.2 Å². The molecular weight excluding hydrogens is 326 g/mol. The highest BCUT2D eigenvalue weighted by Crippen LogP contribution is 2.47. The zero-order valence-corrected chi connectivity index (χ0v) is 14.9. The highest BCUT2D eigenvalue weighted by atomic mass is 16.6. The molecule has 0 unspecified atom stereocenters. The first kappa shape index (κ1) is 17.1. The van der Waals surface area contributed by atoms with Crippen LogP contribution in [0.5, 0.6) is 17.2 Å². The van der Waals surface area contributed by atoms with E-state index >= 15 is 0 Å². The van der Waals surface area contributed by atoms with Crippen molar-refractivity contribution >= 4 is 11.9 Å². The van der Waals surface area contributed by atoms with E-state index in [1.165, 1.54) is 21.3 Å². The molecule has 2 aliphatic heterocycles. The number of cyclic esters (lactones) is 1. The fraction of sp³-hybridized carbons (Fsp3) is 0.444. The SMILES string of the molecule is COc1cc(OC)c([C@H]2CC(=O)NC3=C2C(=O)OC3(C)C)cc1OC. The zero-order chi connectivity index (χ0) is 18.4. The first-order valence-electron chi connectivity index (χ1n) is 7.90. The highest BCUT2D eigenvalue weighted by Gasteiger charge is 2.48. The molecule has 0 radical (unpaired) electrons. The number of carbonyl (C=O) groups excluding carboxylic acids is 2. The highest BCUT2D eigenvalue weighted by molar-refractivity contribution is 5.99. The predicted molar refractivity (Wildman–Crippen MR) is 88.8 cm³/mol. The first-order valence-corrected chi connectivity index (χ1v) is 7.90. The van der Waals surface area contributed by atoms with Crippen LogP contribution < -0.4 is 19.5 Å². The van der Waals surface area contributed by atoms with Gasteiger partial charge in [0.2, 0.25) is 5.91 Å². The molecule has 7 nitrogen and oxygen atoms in total. The maximum Gasteiger partial charge on any atom is 0.337 e. The Hall–Kier alpha value is -2.70. The number of methoxy groups -OCH3 is 3. The van der Waals surface area contributed by atoms with Crippen molar-refractivity contribution in [2.45, 2.75) is 31.8 Å². The van der Waals surface area contributed by atoms with Gasteiger partial charge in [-0.2, -0.15) is 0 Å². The van der Waals surface area contributed by atoms with Crippen LogP contribution in [0.1, 0.15) is 31.7 Å². The van der Waals surface area contributed by atoms with Gasteiger partial charge in [0.25, 0.3) is 0 Å². The first-order chi connectivity index (χ1) is 11.8. The van der Waals surface area contributed by atoms with Gasteiger partial charge in [0.1, 0.15) is 11.4 Å². The van der Waals surface area contributed by atoms with Crippen LogP contribution in [0.3, 0.4) is 0 Å². The molecule has 0 aliphatic carbocycles. The topological polar surface area (TPSA) is 83.1 Å². The van der Waals surface area contributed by atoms with Gasteiger partial charge in [-0.1, -0.05) is 0 Å². The van der Waals surface area contributed by atoms with Gasteiger partial charge in [0.05, 0.1) is 32.6 Å². The second kappa shape index (κ2) is 5.98. The van der Waals surface area contributed by atoms with Crippen LogP contribution in [0.15, 0.2) is 23.4 Å². The molecule has 0 spiro atoms. The van der Waals surface area contributed by atoms with Gasteiger partial charge < -0.3 is 24.3 Å². The van der Waals surface area contributed by atoms with Crippen LogP contribution in [0.2, 0.25) is 0 Å². The van der Waals surface area contributed by atoms with E-state index in [4.69, 9.17) is 18.9 Å². The molecule has 0 saturated heterocycles. The van der Waals surface area contributed by atoms with E-state index in [-0.39, 0.29) is 12.3 Å². The van der Waals surface area contributed by atoms with E-state index in [1.54, 1.807) is 26.0 Å². The summed E-state index contributed by atoms with van der Waals surface area (Å²) in [7, 11) is 4.59. The molecular formula is C18H21NO6. The van der Waals surface area contributed by atoms with E-state index in [0.29, 0.717) is 34.1 Å². The molecule has 2 heterocycles. The summed E-state index contributed by atoms with van der Waals surface area (Å²) in [6.07, 6.45) is 0.121. The van der Waals surface area contributed by atoms with Gasteiger partial charge in [-0.15, -0.1) is 0 Å². The van der Waals surface area contributed by atoms with Crippen LogP contribution in [-0.4, -0.2) is 38.8 Å². The Morgan fingerprint density at radius 3 is 2.24 bits per heavy atom. The lowest BCUT2D eigenvalue weighted by Crippen LogP contribution is -2.38. The Balaban J connectivity index is 2.19. The molecule has 1 amide bonds. The number of carbonyl (C=O) groups is 2. The number of benzene rings is 1. The maximum absolute atomic E-state index is 12.5. The second-order valence-electron chi connectivity index (χ2n) is 6.44. The zero-order valence-electron chi connectivity index (χ0n) is 14.9. The fourth-order valence-corrected chi connectivity index (χ4v) is 3.37. The van der Waals surface area contributed by atoms with Crippen molar-refractivity contribution in [1.29, 1.82) is 0 Å². The number of hydrogen-bond acceptors (Lipinski definition) is 6. The summed E-state index contributed by atoms with van der Waals surface area (Å²) < 4.78 is 21.6. The smallest absolute Gasteiger partial charge is 0.337 e. The van der Waals surface area contributed by atoms with Crippen LogP contribution in [0, 0.1) is 0 Å². The molecule has 0 saturated carbocycles. The van der Waals surface area contributed by atoms with Gasteiger partial charge >= 0.3 is 5.97 Å². The summed E-state index contributed by atoms with van der Waals surface area (Å²) in [5.41, 5.74) is 0.771. The Labute approximate surface area is 145 Å². The quantitative estimate of drug-likeness (QED) is 0.838. The number of esters is 1. The molecule has 1 atom stereocenters.